The number of phenols is 1. The summed E-state index contributed by atoms with van der Waals surface area (Å²) in [6.45, 7) is 2.77. The van der Waals surface area contributed by atoms with Gasteiger partial charge in [-0.25, -0.2) is 8.42 Å². The number of benzene rings is 1. The van der Waals surface area contributed by atoms with Crippen molar-refractivity contribution in [3.8, 4) is 5.75 Å². The van der Waals surface area contributed by atoms with E-state index in [9.17, 15) is 13.5 Å². The maximum atomic E-state index is 12.1. The molecule has 1 aromatic rings. The molecule has 0 atom stereocenters. The summed E-state index contributed by atoms with van der Waals surface area (Å²) in [4.78, 5) is 0. The standard InChI is InChI=1S/C12H17NO4S/c1-9-2-3-12(14)11(8-9)13-18(15,16)10-4-6-17-7-5-10/h2-3,8,10,13-14H,4-7H2,1H3. The lowest BCUT2D eigenvalue weighted by molar-refractivity contribution is 0.0984. The summed E-state index contributed by atoms with van der Waals surface area (Å²) in [7, 11) is -3.47. The number of aromatic hydroxyl groups is 1. The van der Waals surface area contributed by atoms with Crippen molar-refractivity contribution in [3.05, 3.63) is 23.8 Å². The molecule has 18 heavy (non-hydrogen) atoms. The molecule has 0 aromatic heterocycles. The van der Waals surface area contributed by atoms with Gasteiger partial charge in [-0.15, -0.1) is 0 Å². The topological polar surface area (TPSA) is 75.6 Å². The number of ether oxygens (including phenoxy) is 1. The van der Waals surface area contributed by atoms with Crippen LogP contribution >= 0.6 is 0 Å². The van der Waals surface area contributed by atoms with Crippen LogP contribution in [0.3, 0.4) is 0 Å². The van der Waals surface area contributed by atoms with E-state index in [0.717, 1.165) is 5.56 Å². The number of rotatable bonds is 3. The predicted octanol–water partition coefficient (Wildman–Crippen LogP) is 1.62. The highest BCUT2D eigenvalue weighted by Crippen LogP contribution is 2.27. The quantitative estimate of drug-likeness (QED) is 0.819. The van der Waals surface area contributed by atoms with Gasteiger partial charge in [-0.05, 0) is 37.5 Å². The lowest BCUT2D eigenvalue weighted by Gasteiger charge is -2.23. The van der Waals surface area contributed by atoms with Gasteiger partial charge in [0.25, 0.3) is 0 Å². The third-order valence-electron chi connectivity index (χ3n) is 3.01. The molecule has 1 fully saturated rings. The number of hydrogen-bond donors (Lipinski definition) is 2. The van der Waals surface area contributed by atoms with Gasteiger partial charge >= 0.3 is 0 Å². The van der Waals surface area contributed by atoms with Crippen molar-refractivity contribution in [2.24, 2.45) is 0 Å². The third-order valence-corrected chi connectivity index (χ3v) is 4.86. The van der Waals surface area contributed by atoms with E-state index < -0.39 is 15.3 Å². The monoisotopic (exact) mass is 271 g/mol. The number of nitrogens with one attached hydrogen (secondary N) is 1. The molecule has 0 radical (unpaired) electrons. The summed E-state index contributed by atoms with van der Waals surface area (Å²) >= 11 is 0. The van der Waals surface area contributed by atoms with E-state index in [-0.39, 0.29) is 11.4 Å². The van der Waals surface area contributed by atoms with Gasteiger partial charge in [0, 0.05) is 13.2 Å². The fraction of sp³-hybridized carbons (Fsp3) is 0.500. The van der Waals surface area contributed by atoms with Crippen molar-refractivity contribution in [2.45, 2.75) is 25.0 Å². The highest BCUT2D eigenvalue weighted by atomic mass is 32.2. The zero-order valence-corrected chi connectivity index (χ0v) is 11.0. The Morgan fingerprint density at radius 2 is 2.00 bits per heavy atom. The molecule has 0 saturated carbocycles. The van der Waals surface area contributed by atoms with Crippen LogP contribution in [-0.2, 0) is 14.8 Å². The Morgan fingerprint density at radius 3 is 2.67 bits per heavy atom. The summed E-state index contributed by atoms with van der Waals surface area (Å²) < 4.78 is 31.9. The van der Waals surface area contributed by atoms with Crippen LogP contribution in [0.15, 0.2) is 18.2 Å². The highest BCUT2D eigenvalue weighted by Gasteiger charge is 2.28. The minimum Gasteiger partial charge on any atom is -0.506 e. The highest BCUT2D eigenvalue weighted by molar-refractivity contribution is 7.93. The Kier molecular flexibility index (Phi) is 3.77. The lowest BCUT2D eigenvalue weighted by Crippen LogP contribution is -2.33. The van der Waals surface area contributed by atoms with Gasteiger partial charge in [-0.3, -0.25) is 4.72 Å². The van der Waals surface area contributed by atoms with Crippen LogP contribution < -0.4 is 4.72 Å². The molecule has 0 unspecified atom stereocenters. The predicted molar refractivity (Wildman–Crippen MR) is 69.2 cm³/mol. The molecule has 0 bridgehead atoms. The second-order valence-electron chi connectivity index (χ2n) is 4.48. The SMILES string of the molecule is Cc1ccc(O)c(NS(=O)(=O)C2CCOCC2)c1. The fourth-order valence-corrected chi connectivity index (χ4v) is 3.40. The molecule has 0 aliphatic carbocycles. The van der Waals surface area contributed by atoms with Gasteiger partial charge < -0.3 is 9.84 Å². The third kappa shape index (κ3) is 2.94. The van der Waals surface area contributed by atoms with Crippen LogP contribution in [0.1, 0.15) is 18.4 Å². The first-order valence-corrected chi connectivity index (χ1v) is 7.42. The maximum absolute atomic E-state index is 12.1. The van der Waals surface area contributed by atoms with E-state index in [1.807, 2.05) is 6.92 Å². The van der Waals surface area contributed by atoms with E-state index in [1.165, 1.54) is 6.07 Å². The minimum absolute atomic E-state index is 0.0590. The molecule has 0 spiro atoms. The zero-order chi connectivity index (χ0) is 13.2. The van der Waals surface area contributed by atoms with E-state index in [1.54, 1.807) is 12.1 Å². The van der Waals surface area contributed by atoms with Gasteiger partial charge in [0.1, 0.15) is 5.75 Å². The number of phenolic OH excluding ortho intramolecular Hbond substituents is 1. The van der Waals surface area contributed by atoms with Gasteiger partial charge in [0.05, 0.1) is 10.9 Å². The minimum atomic E-state index is -3.47. The average molecular weight is 271 g/mol. The Hall–Kier alpha value is -1.27. The molecule has 1 aliphatic rings. The maximum Gasteiger partial charge on any atom is 0.235 e. The van der Waals surface area contributed by atoms with E-state index in [0.29, 0.717) is 26.1 Å². The van der Waals surface area contributed by atoms with Crippen LogP contribution in [0.4, 0.5) is 5.69 Å². The molecular formula is C12H17NO4S. The van der Waals surface area contributed by atoms with Crippen LogP contribution in [0.2, 0.25) is 0 Å². The summed E-state index contributed by atoms with van der Waals surface area (Å²) in [5.74, 6) is -0.0590. The largest absolute Gasteiger partial charge is 0.506 e. The second kappa shape index (κ2) is 5.16. The normalized spacial score (nSPS) is 17.6. The first-order chi connectivity index (χ1) is 8.49. The van der Waals surface area contributed by atoms with E-state index in [2.05, 4.69) is 4.72 Å². The number of sulfonamides is 1. The van der Waals surface area contributed by atoms with Gasteiger partial charge in [-0.1, -0.05) is 6.07 Å². The molecule has 1 aliphatic heterocycles. The van der Waals surface area contributed by atoms with Crippen molar-refractivity contribution in [3.63, 3.8) is 0 Å². The molecule has 2 N–H and O–H groups in total. The Labute approximate surface area is 107 Å². The van der Waals surface area contributed by atoms with Gasteiger partial charge in [0.2, 0.25) is 10.0 Å². The molecular weight excluding hydrogens is 254 g/mol. The summed E-state index contributed by atoms with van der Waals surface area (Å²) in [6, 6.07) is 4.82. The van der Waals surface area contributed by atoms with E-state index >= 15 is 0 Å². The van der Waals surface area contributed by atoms with Gasteiger partial charge in [0.15, 0.2) is 0 Å². The molecule has 6 heteroatoms. The van der Waals surface area contributed by atoms with E-state index in [4.69, 9.17) is 4.74 Å². The smallest absolute Gasteiger partial charge is 0.235 e. The molecule has 1 heterocycles. The van der Waals surface area contributed by atoms with Crippen LogP contribution in [0, 0.1) is 6.92 Å². The van der Waals surface area contributed by atoms with Crippen molar-refractivity contribution in [1.82, 2.24) is 0 Å². The Balaban J connectivity index is 2.18. The fourth-order valence-electron chi connectivity index (χ4n) is 1.95. The van der Waals surface area contributed by atoms with Gasteiger partial charge in [-0.2, -0.15) is 0 Å². The van der Waals surface area contributed by atoms with Crippen LogP contribution in [0.25, 0.3) is 0 Å². The molecule has 1 aromatic carbocycles. The van der Waals surface area contributed by atoms with Crippen molar-refractivity contribution in [1.29, 1.82) is 0 Å². The first kappa shape index (κ1) is 13.2. The number of aryl methyl sites for hydroxylation is 1. The molecule has 1 saturated heterocycles. The second-order valence-corrected chi connectivity index (χ2v) is 6.44. The number of hydrogen-bond acceptors (Lipinski definition) is 4. The van der Waals surface area contributed by atoms with Crippen molar-refractivity contribution < 1.29 is 18.3 Å². The first-order valence-electron chi connectivity index (χ1n) is 5.88. The summed E-state index contributed by atoms with van der Waals surface area (Å²) in [6.07, 6.45) is 0.976. The summed E-state index contributed by atoms with van der Waals surface area (Å²) in [5.41, 5.74) is 1.12. The average Bonchev–Trinajstić information content (AvgIpc) is 2.35. The molecule has 0 amide bonds. The van der Waals surface area contributed by atoms with Crippen LogP contribution in [-0.4, -0.2) is 32.0 Å². The molecule has 100 valence electrons. The molecule has 2 rings (SSSR count). The molecule has 5 nitrogen and oxygen atoms in total. The van der Waals surface area contributed by atoms with Crippen molar-refractivity contribution >= 4 is 15.7 Å². The number of anilines is 1. The Morgan fingerprint density at radius 1 is 1.33 bits per heavy atom. The van der Waals surface area contributed by atoms with Crippen molar-refractivity contribution in [2.75, 3.05) is 17.9 Å². The summed E-state index contributed by atoms with van der Waals surface area (Å²) in [5, 5.41) is 9.19. The Bertz CT molecular complexity index is 521. The van der Waals surface area contributed by atoms with Crippen LogP contribution in [0.5, 0.6) is 5.75 Å². The lowest BCUT2D eigenvalue weighted by atomic mass is 10.2. The zero-order valence-electron chi connectivity index (χ0n) is 10.2.